The van der Waals surface area contributed by atoms with Crippen LogP contribution in [-0.4, -0.2) is 16.6 Å². The Morgan fingerprint density at radius 1 is 1.69 bits per heavy atom. The molecule has 0 fully saturated rings. The van der Waals surface area contributed by atoms with Crippen molar-refractivity contribution in [2.75, 3.05) is 6.61 Å². The lowest BCUT2D eigenvalue weighted by atomic mass is 10.1. The monoisotopic (exact) mass is 222 g/mol. The van der Waals surface area contributed by atoms with Gasteiger partial charge in [0.25, 0.3) is 5.69 Å². The highest BCUT2D eigenvalue weighted by atomic mass is 16.6. The molecule has 0 bridgehead atoms. The minimum absolute atomic E-state index is 0.125. The minimum Gasteiger partial charge on any atom is -0.478 e. The van der Waals surface area contributed by atoms with Gasteiger partial charge < -0.3 is 9.84 Å². The Bertz CT molecular complexity index is 437. The lowest BCUT2D eigenvalue weighted by molar-refractivity contribution is -0.385. The van der Waals surface area contributed by atoms with E-state index in [9.17, 15) is 15.2 Å². The topological polar surface area (TPSA) is 96.4 Å². The summed E-state index contributed by atoms with van der Waals surface area (Å²) in [6.45, 7) is 1.30. The molecule has 0 amide bonds. The number of nitrogens with zero attached hydrogens (tertiary/aromatic N) is 2. The van der Waals surface area contributed by atoms with E-state index in [2.05, 4.69) is 0 Å². The standard InChI is InChI=1S/C10H10N2O4/c1-7(13)9-6-8(12(14)15)2-3-10(9)16-5-4-11/h2-3,6-7,13H,5H2,1H3. The molecule has 1 unspecified atom stereocenters. The fourth-order valence-electron chi connectivity index (χ4n) is 1.22. The molecule has 0 aliphatic heterocycles. The summed E-state index contributed by atoms with van der Waals surface area (Å²) in [5.41, 5.74) is 0.171. The van der Waals surface area contributed by atoms with Crippen LogP contribution in [0.3, 0.4) is 0 Å². The molecule has 0 spiro atoms. The van der Waals surface area contributed by atoms with E-state index in [0.717, 1.165) is 0 Å². The van der Waals surface area contributed by atoms with Gasteiger partial charge in [-0.1, -0.05) is 0 Å². The van der Waals surface area contributed by atoms with Gasteiger partial charge in [-0.15, -0.1) is 0 Å². The first-order valence-electron chi connectivity index (χ1n) is 4.52. The fraction of sp³-hybridized carbons (Fsp3) is 0.300. The molecule has 1 N–H and O–H groups in total. The molecule has 1 aromatic rings. The van der Waals surface area contributed by atoms with Crippen molar-refractivity contribution in [2.45, 2.75) is 13.0 Å². The summed E-state index contributed by atoms with van der Waals surface area (Å²) in [5, 5.41) is 28.3. The zero-order valence-corrected chi connectivity index (χ0v) is 8.58. The van der Waals surface area contributed by atoms with Crippen LogP contribution in [0.5, 0.6) is 5.75 Å². The predicted octanol–water partition coefficient (Wildman–Crippen LogP) is 1.55. The number of non-ortho nitro benzene ring substituents is 1. The van der Waals surface area contributed by atoms with Crippen LogP contribution in [0.1, 0.15) is 18.6 Å². The van der Waals surface area contributed by atoms with Crippen molar-refractivity contribution in [1.82, 2.24) is 0 Å². The van der Waals surface area contributed by atoms with Gasteiger partial charge in [0.1, 0.15) is 11.8 Å². The Morgan fingerprint density at radius 3 is 2.88 bits per heavy atom. The Hall–Kier alpha value is -2.13. The first-order chi connectivity index (χ1) is 7.56. The zero-order valence-electron chi connectivity index (χ0n) is 8.58. The summed E-state index contributed by atoms with van der Waals surface area (Å²) >= 11 is 0. The molecule has 6 nitrogen and oxygen atoms in total. The number of aliphatic hydroxyl groups is 1. The van der Waals surface area contributed by atoms with Crippen LogP contribution in [-0.2, 0) is 0 Å². The quantitative estimate of drug-likeness (QED) is 0.615. The lowest BCUT2D eigenvalue weighted by Gasteiger charge is -2.10. The van der Waals surface area contributed by atoms with Gasteiger partial charge in [0.15, 0.2) is 6.61 Å². The number of benzene rings is 1. The number of rotatable bonds is 4. The van der Waals surface area contributed by atoms with Crippen LogP contribution in [0.15, 0.2) is 18.2 Å². The average Bonchev–Trinajstić information content (AvgIpc) is 2.25. The highest BCUT2D eigenvalue weighted by Crippen LogP contribution is 2.29. The van der Waals surface area contributed by atoms with Gasteiger partial charge in [-0.3, -0.25) is 10.1 Å². The summed E-state index contributed by atoms with van der Waals surface area (Å²) < 4.78 is 5.04. The zero-order chi connectivity index (χ0) is 12.1. The molecule has 0 radical (unpaired) electrons. The molecule has 16 heavy (non-hydrogen) atoms. The van der Waals surface area contributed by atoms with Gasteiger partial charge >= 0.3 is 0 Å². The Labute approximate surface area is 91.8 Å². The van der Waals surface area contributed by atoms with Crippen molar-refractivity contribution in [3.8, 4) is 11.8 Å². The maximum absolute atomic E-state index is 10.5. The van der Waals surface area contributed by atoms with Crippen LogP contribution >= 0.6 is 0 Å². The van der Waals surface area contributed by atoms with Gasteiger partial charge in [-0.05, 0) is 13.0 Å². The molecule has 0 aliphatic carbocycles. The van der Waals surface area contributed by atoms with Crippen LogP contribution < -0.4 is 4.74 Å². The van der Waals surface area contributed by atoms with E-state index in [1.807, 2.05) is 0 Å². The summed E-state index contributed by atoms with van der Waals surface area (Å²) in [7, 11) is 0. The maximum atomic E-state index is 10.5. The van der Waals surface area contributed by atoms with Crippen molar-refractivity contribution in [3.05, 3.63) is 33.9 Å². The molecule has 1 rings (SSSR count). The Morgan fingerprint density at radius 2 is 2.38 bits per heavy atom. The molecular formula is C10H10N2O4. The Balaban J connectivity index is 3.10. The number of hydrogen-bond donors (Lipinski definition) is 1. The summed E-state index contributed by atoms with van der Waals surface area (Å²) in [5.74, 6) is 0.280. The first kappa shape index (κ1) is 11.9. The predicted molar refractivity (Wildman–Crippen MR) is 54.8 cm³/mol. The fourth-order valence-corrected chi connectivity index (χ4v) is 1.22. The lowest BCUT2D eigenvalue weighted by Crippen LogP contribution is -2.01. The SMILES string of the molecule is CC(O)c1cc([N+](=O)[O-])ccc1OCC#N. The molecule has 0 aliphatic rings. The van der Waals surface area contributed by atoms with Gasteiger partial charge in [0.2, 0.25) is 0 Å². The molecule has 6 heteroatoms. The van der Waals surface area contributed by atoms with Crippen LogP contribution in [0.2, 0.25) is 0 Å². The van der Waals surface area contributed by atoms with E-state index in [1.165, 1.54) is 25.1 Å². The second-order valence-electron chi connectivity index (χ2n) is 3.10. The van der Waals surface area contributed by atoms with Crippen LogP contribution in [0, 0.1) is 21.4 Å². The largest absolute Gasteiger partial charge is 0.478 e. The van der Waals surface area contributed by atoms with Crippen LogP contribution in [0.25, 0.3) is 0 Å². The molecule has 0 saturated heterocycles. The van der Waals surface area contributed by atoms with Gasteiger partial charge in [0, 0.05) is 17.7 Å². The van der Waals surface area contributed by atoms with Crippen molar-refractivity contribution in [2.24, 2.45) is 0 Å². The van der Waals surface area contributed by atoms with E-state index in [1.54, 1.807) is 6.07 Å². The normalized spacial score (nSPS) is 11.6. The number of aliphatic hydroxyl groups excluding tert-OH is 1. The summed E-state index contributed by atoms with van der Waals surface area (Å²) in [4.78, 5) is 9.98. The average molecular weight is 222 g/mol. The molecular weight excluding hydrogens is 212 g/mol. The number of ether oxygens (including phenoxy) is 1. The molecule has 84 valence electrons. The molecule has 0 aromatic heterocycles. The smallest absolute Gasteiger partial charge is 0.270 e. The van der Waals surface area contributed by atoms with Gasteiger partial charge in [-0.25, -0.2) is 0 Å². The van der Waals surface area contributed by atoms with Crippen LogP contribution in [0.4, 0.5) is 5.69 Å². The number of nitriles is 1. The number of nitro groups is 1. The molecule has 1 aromatic carbocycles. The van der Waals surface area contributed by atoms with E-state index < -0.39 is 11.0 Å². The van der Waals surface area contributed by atoms with E-state index in [0.29, 0.717) is 5.56 Å². The number of hydrogen-bond acceptors (Lipinski definition) is 5. The Kier molecular flexibility index (Phi) is 3.80. The second-order valence-corrected chi connectivity index (χ2v) is 3.10. The van der Waals surface area contributed by atoms with Gasteiger partial charge in [-0.2, -0.15) is 5.26 Å². The summed E-state index contributed by atoms with van der Waals surface area (Å²) in [6.07, 6.45) is -0.895. The van der Waals surface area contributed by atoms with Crippen molar-refractivity contribution >= 4 is 5.69 Å². The third-order valence-electron chi connectivity index (χ3n) is 1.95. The molecule has 0 heterocycles. The second kappa shape index (κ2) is 5.09. The highest BCUT2D eigenvalue weighted by molar-refractivity contribution is 5.44. The number of nitro benzene ring substituents is 1. The van der Waals surface area contributed by atoms with Crippen molar-refractivity contribution < 1.29 is 14.8 Å². The van der Waals surface area contributed by atoms with E-state index >= 15 is 0 Å². The molecule has 0 saturated carbocycles. The third kappa shape index (κ3) is 2.68. The van der Waals surface area contributed by atoms with E-state index in [4.69, 9.17) is 10.00 Å². The van der Waals surface area contributed by atoms with Crippen molar-refractivity contribution in [3.63, 3.8) is 0 Å². The maximum Gasteiger partial charge on any atom is 0.270 e. The minimum atomic E-state index is -0.895. The molecule has 1 atom stereocenters. The highest BCUT2D eigenvalue weighted by Gasteiger charge is 2.15. The van der Waals surface area contributed by atoms with E-state index in [-0.39, 0.29) is 18.0 Å². The third-order valence-corrected chi connectivity index (χ3v) is 1.95. The summed E-state index contributed by atoms with van der Waals surface area (Å²) in [6, 6.07) is 5.65. The van der Waals surface area contributed by atoms with Crippen molar-refractivity contribution in [1.29, 1.82) is 5.26 Å². The first-order valence-corrected chi connectivity index (χ1v) is 4.52. The van der Waals surface area contributed by atoms with Gasteiger partial charge in [0.05, 0.1) is 11.0 Å².